The van der Waals surface area contributed by atoms with Crippen LogP contribution < -0.4 is 34.5 Å². The molecule has 0 aromatic rings. The van der Waals surface area contributed by atoms with E-state index in [2.05, 4.69) is 6.92 Å². The first-order valence-corrected chi connectivity index (χ1v) is 10.6. The quantitative estimate of drug-likeness (QED) is 0.142. The van der Waals surface area contributed by atoms with Gasteiger partial charge in [-0.25, -0.2) is 4.62 Å². The van der Waals surface area contributed by atoms with Crippen LogP contribution in [-0.2, 0) is 13.7 Å². The Morgan fingerprint density at radius 3 is 1.76 bits per heavy atom. The first kappa shape index (κ1) is 28.2. The first-order chi connectivity index (χ1) is 11.6. The molecular formula is C16H35NNaO6P. The van der Waals surface area contributed by atoms with E-state index in [4.69, 9.17) is 19.4 Å². The van der Waals surface area contributed by atoms with Crippen molar-refractivity contribution in [2.24, 2.45) is 0 Å². The van der Waals surface area contributed by atoms with E-state index in [-0.39, 0.29) is 62.5 Å². The van der Waals surface area contributed by atoms with E-state index in [1.807, 2.05) is 0 Å². The number of phosphoric acid groups is 1. The molecule has 1 unspecified atom stereocenters. The molecule has 0 saturated heterocycles. The molecule has 0 aliphatic heterocycles. The maximum absolute atomic E-state index is 11.6. The van der Waals surface area contributed by atoms with Crippen molar-refractivity contribution in [3.05, 3.63) is 0 Å². The molecule has 0 rings (SSSR count). The first-order valence-electron chi connectivity index (χ1n) is 9.17. The topological polar surface area (TPSA) is 102 Å². The molecule has 0 radical (unpaired) electrons. The van der Waals surface area contributed by atoms with E-state index >= 15 is 0 Å². The third-order valence-corrected chi connectivity index (χ3v) is 4.59. The standard InChI is InChI=1S/C16H36NO6P.Na/c1-2-3-4-5-6-7-8-9-10-11-16-22-24(20,21)23-17(12-14-18)13-15-19;/h18-19H,2-16H2,1H3,(H,20,21);/q;+1/p-1. The van der Waals surface area contributed by atoms with Crippen LogP contribution in [0, 0.1) is 0 Å². The smallest absolute Gasteiger partial charge is 0.755 e. The van der Waals surface area contributed by atoms with Gasteiger partial charge in [0.2, 0.25) is 0 Å². The predicted molar refractivity (Wildman–Crippen MR) is 92.2 cm³/mol. The molecule has 0 aliphatic rings. The molecule has 0 aliphatic carbocycles. The van der Waals surface area contributed by atoms with E-state index in [9.17, 15) is 9.46 Å². The molecule has 1 atom stereocenters. The molecule has 7 nitrogen and oxygen atoms in total. The molecule has 0 aromatic carbocycles. The van der Waals surface area contributed by atoms with Crippen LogP contribution in [0.2, 0.25) is 0 Å². The average molecular weight is 391 g/mol. The van der Waals surface area contributed by atoms with Gasteiger partial charge in [-0.05, 0) is 6.42 Å². The van der Waals surface area contributed by atoms with Crippen molar-refractivity contribution >= 4 is 7.82 Å². The van der Waals surface area contributed by atoms with Gasteiger partial charge < -0.3 is 19.6 Å². The van der Waals surface area contributed by atoms with Crippen molar-refractivity contribution in [3.63, 3.8) is 0 Å². The van der Waals surface area contributed by atoms with Crippen LogP contribution in [0.4, 0.5) is 0 Å². The largest absolute Gasteiger partial charge is 1.00 e. The Hall–Kier alpha value is 0.990. The second kappa shape index (κ2) is 19.7. The predicted octanol–water partition coefficient (Wildman–Crippen LogP) is -0.385. The minimum atomic E-state index is -4.43. The number of hydrogen-bond donors (Lipinski definition) is 2. The molecule has 0 bridgehead atoms. The third kappa shape index (κ3) is 19.6. The molecule has 0 heterocycles. The maximum atomic E-state index is 11.6. The summed E-state index contributed by atoms with van der Waals surface area (Å²) in [5, 5.41) is 18.6. The van der Waals surface area contributed by atoms with Crippen LogP contribution in [0.25, 0.3) is 0 Å². The summed E-state index contributed by atoms with van der Waals surface area (Å²) in [5.74, 6) is 0. The summed E-state index contributed by atoms with van der Waals surface area (Å²) in [6.07, 6.45) is 11.6. The van der Waals surface area contributed by atoms with Crippen molar-refractivity contribution in [2.75, 3.05) is 32.9 Å². The van der Waals surface area contributed by atoms with Crippen LogP contribution in [0.15, 0.2) is 0 Å². The van der Waals surface area contributed by atoms with Gasteiger partial charge in [-0.15, -0.1) is 0 Å². The minimum Gasteiger partial charge on any atom is -0.755 e. The number of unbranched alkanes of at least 4 members (excludes halogenated alkanes) is 9. The van der Waals surface area contributed by atoms with Gasteiger partial charge in [0, 0.05) is 13.1 Å². The molecule has 0 fully saturated rings. The fourth-order valence-corrected chi connectivity index (χ4v) is 3.19. The Balaban J connectivity index is 0. The van der Waals surface area contributed by atoms with Crippen molar-refractivity contribution < 1.29 is 58.4 Å². The SMILES string of the molecule is CCCCCCCCCCCCOP(=O)([O-])ON(CCO)CCO.[Na+]. The van der Waals surface area contributed by atoms with Crippen molar-refractivity contribution in [3.8, 4) is 0 Å². The zero-order valence-corrected chi connectivity index (χ0v) is 18.9. The van der Waals surface area contributed by atoms with Gasteiger partial charge in [-0.3, -0.25) is 4.57 Å². The second-order valence-corrected chi connectivity index (χ2v) is 7.24. The van der Waals surface area contributed by atoms with E-state index in [1.54, 1.807) is 0 Å². The zero-order valence-electron chi connectivity index (χ0n) is 16.0. The molecule has 2 N–H and O–H groups in total. The van der Waals surface area contributed by atoms with Gasteiger partial charge in [0.05, 0.1) is 19.8 Å². The Labute approximate surface area is 175 Å². The van der Waals surface area contributed by atoms with Crippen LogP contribution in [-0.4, -0.2) is 48.2 Å². The second-order valence-electron chi connectivity index (χ2n) is 5.92. The Kier molecular flexibility index (Phi) is 22.3. The van der Waals surface area contributed by atoms with Gasteiger partial charge in [0.25, 0.3) is 7.82 Å². The maximum Gasteiger partial charge on any atom is 1.00 e. The van der Waals surface area contributed by atoms with Crippen LogP contribution in [0.1, 0.15) is 71.1 Å². The minimum absolute atomic E-state index is 0. The zero-order chi connectivity index (χ0) is 18.1. The van der Waals surface area contributed by atoms with Gasteiger partial charge in [0.15, 0.2) is 0 Å². The van der Waals surface area contributed by atoms with Crippen LogP contribution >= 0.6 is 7.82 Å². The van der Waals surface area contributed by atoms with E-state index in [0.29, 0.717) is 6.42 Å². The molecule has 0 amide bonds. The molecule has 9 heteroatoms. The Morgan fingerprint density at radius 2 is 1.32 bits per heavy atom. The number of hydrogen-bond acceptors (Lipinski definition) is 7. The van der Waals surface area contributed by atoms with Crippen LogP contribution in [0.5, 0.6) is 0 Å². The number of aliphatic hydroxyl groups is 2. The van der Waals surface area contributed by atoms with Gasteiger partial charge in [0.1, 0.15) is 0 Å². The molecule has 0 aromatic heterocycles. The molecule has 25 heavy (non-hydrogen) atoms. The number of nitrogens with zero attached hydrogens (tertiary/aromatic N) is 1. The van der Waals surface area contributed by atoms with Crippen LogP contribution in [0.3, 0.4) is 0 Å². The fraction of sp³-hybridized carbons (Fsp3) is 1.00. The van der Waals surface area contributed by atoms with E-state index in [1.165, 1.54) is 44.9 Å². The summed E-state index contributed by atoms with van der Waals surface area (Å²) < 4.78 is 21.1. The normalized spacial score (nSPS) is 13.6. The third-order valence-electron chi connectivity index (χ3n) is 3.66. The van der Waals surface area contributed by atoms with Crippen molar-refractivity contribution in [1.82, 2.24) is 5.06 Å². The number of aliphatic hydroxyl groups excluding tert-OH is 2. The molecule has 0 saturated carbocycles. The summed E-state index contributed by atoms with van der Waals surface area (Å²) >= 11 is 0. The average Bonchev–Trinajstić information content (AvgIpc) is 2.52. The molecular weight excluding hydrogens is 356 g/mol. The summed E-state index contributed by atoms with van der Waals surface area (Å²) in [7, 11) is -4.43. The van der Waals surface area contributed by atoms with Gasteiger partial charge in [-0.1, -0.05) is 64.7 Å². The number of rotatable bonds is 18. The Bertz CT molecular complexity index is 319. The summed E-state index contributed by atoms with van der Waals surface area (Å²) in [4.78, 5) is 11.6. The monoisotopic (exact) mass is 391 g/mol. The molecule has 146 valence electrons. The summed E-state index contributed by atoms with van der Waals surface area (Å²) in [6.45, 7) is 1.77. The van der Waals surface area contributed by atoms with Crippen molar-refractivity contribution in [2.45, 2.75) is 71.1 Å². The fourth-order valence-electron chi connectivity index (χ4n) is 2.35. The van der Waals surface area contributed by atoms with Gasteiger partial charge >= 0.3 is 29.6 Å². The van der Waals surface area contributed by atoms with Crippen molar-refractivity contribution in [1.29, 1.82) is 0 Å². The summed E-state index contributed by atoms with van der Waals surface area (Å²) in [6, 6.07) is 0. The molecule has 0 spiro atoms. The van der Waals surface area contributed by atoms with E-state index in [0.717, 1.165) is 17.9 Å². The van der Waals surface area contributed by atoms with Gasteiger partial charge in [-0.2, -0.15) is 5.06 Å². The Morgan fingerprint density at radius 1 is 0.880 bits per heavy atom. The number of phosphoric ester groups is 1. The summed E-state index contributed by atoms with van der Waals surface area (Å²) in [5.41, 5.74) is 0. The van der Waals surface area contributed by atoms with E-state index < -0.39 is 7.82 Å². The number of hydroxylamine groups is 2.